The lowest BCUT2D eigenvalue weighted by atomic mass is 10.0. The molecule has 0 radical (unpaired) electrons. The first-order valence-corrected chi connectivity index (χ1v) is 13.5. The second kappa shape index (κ2) is 20.3. The van der Waals surface area contributed by atoms with Crippen molar-refractivity contribution >= 4 is 11.9 Å². The molecule has 0 aliphatic carbocycles. The van der Waals surface area contributed by atoms with Crippen LogP contribution in [0, 0.1) is 0 Å². The van der Waals surface area contributed by atoms with Crippen molar-refractivity contribution < 1.29 is 29.0 Å². The minimum atomic E-state index is -0.937. The summed E-state index contributed by atoms with van der Waals surface area (Å²) < 4.78 is 5.98. The monoisotopic (exact) mass is 472 g/mol. The topological polar surface area (TPSA) is 83.8 Å². The zero-order valence-corrected chi connectivity index (χ0v) is 22.2. The smallest absolute Gasteiger partial charge is 0.307 e. The van der Waals surface area contributed by atoms with E-state index in [0.717, 1.165) is 44.9 Å². The second-order valence-corrected chi connectivity index (χ2v) is 10.8. The van der Waals surface area contributed by atoms with Gasteiger partial charge in [-0.2, -0.15) is 0 Å². The Morgan fingerprint density at radius 1 is 0.758 bits per heavy atom. The zero-order chi connectivity index (χ0) is 25.0. The van der Waals surface area contributed by atoms with E-state index in [2.05, 4.69) is 6.92 Å². The summed E-state index contributed by atoms with van der Waals surface area (Å²) in [6.45, 7) is 2.73. The third kappa shape index (κ3) is 23.8. The molecule has 0 bridgehead atoms. The van der Waals surface area contributed by atoms with Crippen molar-refractivity contribution in [1.29, 1.82) is 0 Å². The normalized spacial score (nSPS) is 13.6. The van der Waals surface area contributed by atoms with E-state index in [-0.39, 0.29) is 18.5 Å². The largest absolute Gasteiger partial charge is 0.481 e. The average Bonchev–Trinajstić information content (AvgIpc) is 2.70. The predicted octanol–water partition coefficient (Wildman–Crippen LogP) is 6.09. The molecule has 33 heavy (non-hydrogen) atoms. The van der Waals surface area contributed by atoms with Gasteiger partial charge in [0.2, 0.25) is 0 Å². The van der Waals surface area contributed by atoms with Gasteiger partial charge in [-0.25, -0.2) is 0 Å². The molecular formula is C27H54NO5+. The zero-order valence-electron chi connectivity index (χ0n) is 22.2. The van der Waals surface area contributed by atoms with Gasteiger partial charge in [0.15, 0.2) is 6.10 Å². The number of carbonyl (C=O) groups is 2. The van der Waals surface area contributed by atoms with E-state index in [1.807, 2.05) is 21.1 Å². The lowest BCUT2D eigenvalue weighted by Crippen LogP contribution is -2.43. The van der Waals surface area contributed by atoms with E-state index in [9.17, 15) is 14.7 Å². The first-order valence-electron chi connectivity index (χ1n) is 13.5. The predicted molar refractivity (Wildman–Crippen MR) is 135 cm³/mol. The van der Waals surface area contributed by atoms with Gasteiger partial charge >= 0.3 is 11.9 Å². The van der Waals surface area contributed by atoms with Crippen LogP contribution in [0.5, 0.6) is 0 Å². The molecule has 196 valence electrons. The van der Waals surface area contributed by atoms with Crippen LogP contribution in [0.15, 0.2) is 0 Å². The van der Waals surface area contributed by atoms with Crippen LogP contribution in [0.1, 0.15) is 122 Å². The van der Waals surface area contributed by atoms with Crippen LogP contribution in [0.2, 0.25) is 0 Å². The molecule has 0 saturated heterocycles. The number of hydrogen-bond donors (Lipinski definition) is 2. The van der Waals surface area contributed by atoms with Crippen LogP contribution in [0.25, 0.3) is 0 Å². The van der Waals surface area contributed by atoms with Gasteiger partial charge in [-0.05, 0) is 19.3 Å². The maximum Gasteiger partial charge on any atom is 0.307 e. The number of quaternary nitrogens is 1. The van der Waals surface area contributed by atoms with Gasteiger partial charge in [-0.15, -0.1) is 0 Å². The fraction of sp³-hybridized carbons (Fsp3) is 0.926. The maximum absolute atomic E-state index is 12.1. The van der Waals surface area contributed by atoms with Gasteiger partial charge in [-0.3, -0.25) is 9.59 Å². The third-order valence-electron chi connectivity index (χ3n) is 6.01. The first-order chi connectivity index (χ1) is 15.6. The minimum Gasteiger partial charge on any atom is -0.481 e. The highest BCUT2D eigenvalue weighted by atomic mass is 16.5. The molecule has 6 nitrogen and oxygen atoms in total. The van der Waals surface area contributed by atoms with Gasteiger partial charge in [-0.1, -0.05) is 90.4 Å². The molecule has 0 fully saturated rings. The highest BCUT2D eigenvalue weighted by molar-refractivity contribution is 5.71. The Hall–Kier alpha value is -1.14. The van der Waals surface area contributed by atoms with Crippen LogP contribution < -0.4 is 0 Å². The molecule has 0 amide bonds. The summed E-state index contributed by atoms with van der Waals surface area (Å²) in [4.78, 5) is 23.1. The number of hydrogen-bond acceptors (Lipinski definition) is 4. The number of likely N-dealkylation sites (N-methyl/N-ethyl adjacent to an activating group) is 1. The quantitative estimate of drug-likeness (QED) is 0.107. The van der Waals surface area contributed by atoms with Gasteiger partial charge in [0.25, 0.3) is 0 Å². The summed E-state index contributed by atoms with van der Waals surface area (Å²) in [7, 11) is 5.88. The summed E-state index contributed by atoms with van der Waals surface area (Å²) in [5, 5.41) is 19.1. The molecule has 0 aliphatic rings. The Bertz CT molecular complexity index is 489. The summed E-state index contributed by atoms with van der Waals surface area (Å²) in [5.41, 5.74) is 0. The Morgan fingerprint density at radius 3 is 1.67 bits per heavy atom. The Balaban J connectivity index is 3.60. The van der Waals surface area contributed by atoms with Crippen molar-refractivity contribution in [2.45, 2.75) is 135 Å². The van der Waals surface area contributed by atoms with E-state index in [1.165, 1.54) is 57.8 Å². The molecule has 0 aromatic rings. The fourth-order valence-corrected chi connectivity index (χ4v) is 4.21. The van der Waals surface area contributed by atoms with Crippen molar-refractivity contribution in [3.05, 3.63) is 0 Å². The summed E-state index contributed by atoms with van der Waals surface area (Å²) in [6, 6.07) is 0. The van der Waals surface area contributed by atoms with E-state index in [0.29, 0.717) is 17.4 Å². The summed E-state index contributed by atoms with van der Waals surface area (Å²) >= 11 is 0. The van der Waals surface area contributed by atoms with Gasteiger partial charge < -0.3 is 19.4 Å². The lowest BCUT2D eigenvalue weighted by molar-refractivity contribution is -0.873. The first kappa shape index (κ1) is 31.9. The van der Waals surface area contributed by atoms with Crippen LogP contribution in [0.3, 0.4) is 0 Å². The number of nitrogens with zero attached hydrogens (tertiary/aromatic N) is 1. The molecule has 0 aromatic carbocycles. The number of carbonyl (C=O) groups excluding carboxylic acids is 1. The SMILES string of the molecule is CCCCCCCCC(O)CCCCCCCCCCC(=O)OC(CC(=O)O)C[N+](C)(C)C. The van der Waals surface area contributed by atoms with E-state index >= 15 is 0 Å². The minimum absolute atomic E-state index is 0.117. The van der Waals surface area contributed by atoms with E-state index in [1.54, 1.807) is 0 Å². The van der Waals surface area contributed by atoms with Gasteiger partial charge in [0, 0.05) is 6.42 Å². The summed E-state index contributed by atoms with van der Waals surface area (Å²) in [5.74, 6) is -1.22. The number of rotatable bonds is 23. The van der Waals surface area contributed by atoms with Crippen molar-refractivity contribution in [3.8, 4) is 0 Å². The maximum atomic E-state index is 12.1. The average molecular weight is 473 g/mol. The van der Waals surface area contributed by atoms with Crippen molar-refractivity contribution in [2.24, 2.45) is 0 Å². The Kier molecular flexibility index (Phi) is 19.6. The molecule has 2 unspecified atom stereocenters. The highest BCUT2D eigenvalue weighted by Gasteiger charge is 2.24. The number of aliphatic hydroxyl groups is 1. The van der Waals surface area contributed by atoms with Gasteiger partial charge in [0.05, 0.1) is 33.7 Å². The number of aliphatic hydroxyl groups excluding tert-OH is 1. The Morgan fingerprint density at radius 2 is 1.21 bits per heavy atom. The van der Waals surface area contributed by atoms with E-state index < -0.39 is 12.1 Å². The molecule has 0 heterocycles. The molecule has 0 spiro atoms. The number of aliphatic carboxylic acids is 1. The number of esters is 1. The molecule has 2 N–H and O–H groups in total. The van der Waals surface area contributed by atoms with Crippen LogP contribution in [-0.4, -0.2) is 66.5 Å². The number of unbranched alkanes of at least 4 members (excludes halogenated alkanes) is 12. The van der Waals surface area contributed by atoms with Crippen molar-refractivity contribution in [3.63, 3.8) is 0 Å². The Labute approximate surface area is 203 Å². The van der Waals surface area contributed by atoms with E-state index in [4.69, 9.17) is 9.84 Å². The number of carboxylic acids is 1. The molecule has 0 aliphatic heterocycles. The number of ether oxygens (including phenoxy) is 1. The van der Waals surface area contributed by atoms with Gasteiger partial charge in [0.1, 0.15) is 6.54 Å². The third-order valence-corrected chi connectivity index (χ3v) is 6.01. The summed E-state index contributed by atoms with van der Waals surface area (Å²) in [6.07, 6.45) is 17.9. The second-order valence-electron chi connectivity index (χ2n) is 10.8. The molecule has 0 rings (SSSR count). The molecule has 2 atom stereocenters. The standard InChI is InChI=1S/C27H53NO5/c1-5-6-7-8-13-16-19-24(29)20-17-14-11-9-10-12-15-18-21-27(32)33-25(22-26(30)31)23-28(2,3)4/h24-25,29H,5-23H2,1-4H3/p+1. The molecular weight excluding hydrogens is 418 g/mol. The van der Waals surface area contributed by atoms with Crippen LogP contribution in [-0.2, 0) is 14.3 Å². The van der Waals surface area contributed by atoms with Crippen molar-refractivity contribution in [2.75, 3.05) is 27.7 Å². The fourth-order valence-electron chi connectivity index (χ4n) is 4.21. The molecule has 0 saturated carbocycles. The lowest BCUT2D eigenvalue weighted by Gasteiger charge is -2.28. The molecule has 6 heteroatoms. The van der Waals surface area contributed by atoms with Crippen molar-refractivity contribution in [1.82, 2.24) is 0 Å². The van der Waals surface area contributed by atoms with Crippen LogP contribution in [0.4, 0.5) is 0 Å². The molecule has 0 aromatic heterocycles. The highest BCUT2D eigenvalue weighted by Crippen LogP contribution is 2.15. The number of carboxylic acid groups (broad SMARTS) is 1. The van der Waals surface area contributed by atoms with Crippen LogP contribution >= 0.6 is 0 Å².